The van der Waals surface area contributed by atoms with Gasteiger partial charge in [0.1, 0.15) is 11.2 Å². The molecule has 1 aliphatic heterocycles. The van der Waals surface area contributed by atoms with E-state index < -0.39 is 11.2 Å². The van der Waals surface area contributed by atoms with Crippen LogP contribution in [0.15, 0.2) is 0 Å². The minimum Gasteiger partial charge on any atom is -0.323 e. The van der Waals surface area contributed by atoms with Crippen LogP contribution in [0, 0.1) is 0 Å². The highest BCUT2D eigenvalue weighted by atomic mass is 16.5. The molecule has 2 saturated carbocycles. The molecular formula is C14H24N2O2. The first-order valence-corrected chi connectivity index (χ1v) is 7.41. The van der Waals surface area contributed by atoms with Gasteiger partial charge >= 0.3 is 0 Å². The number of hydrogen-bond acceptors (Lipinski definition) is 3. The summed E-state index contributed by atoms with van der Waals surface area (Å²) in [7, 11) is 1.89. The average Bonchev–Trinajstić information content (AvgIpc) is 2.57. The molecule has 0 atom stereocenters. The van der Waals surface area contributed by atoms with Gasteiger partial charge in [0.05, 0.1) is 0 Å². The third-order valence-electron chi connectivity index (χ3n) is 5.46. The van der Waals surface area contributed by atoms with E-state index in [1.807, 2.05) is 11.9 Å². The molecule has 1 saturated heterocycles. The molecule has 0 bridgehead atoms. The summed E-state index contributed by atoms with van der Waals surface area (Å²) in [5, 5.41) is 12.3. The highest BCUT2D eigenvalue weighted by Crippen LogP contribution is 2.49. The fraction of sp³-hybridized carbons (Fsp3) is 0.929. The van der Waals surface area contributed by atoms with Gasteiger partial charge in [-0.05, 0) is 38.5 Å². The second-order valence-corrected chi connectivity index (χ2v) is 6.31. The maximum absolute atomic E-state index is 12.7. The molecule has 3 fully saturated rings. The van der Waals surface area contributed by atoms with E-state index in [0.717, 1.165) is 51.4 Å². The zero-order valence-electron chi connectivity index (χ0n) is 11.3. The number of rotatable bonds is 0. The van der Waals surface area contributed by atoms with Crippen molar-refractivity contribution in [1.29, 1.82) is 0 Å². The summed E-state index contributed by atoms with van der Waals surface area (Å²) in [5.41, 5.74) is -0.989. The van der Waals surface area contributed by atoms with Gasteiger partial charge in [0, 0.05) is 7.05 Å². The van der Waals surface area contributed by atoms with Gasteiger partial charge in [-0.2, -0.15) is 5.06 Å². The maximum Gasteiger partial charge on any atom is 0.246 e. The molecule has 0 aromatic carbocycles. The van der Waals surface area contributed by atoms with Crippen molar-refractivity contribution in [3.05, 3.63) is 0 Å². The molecule has 4 nitrogen and oxygen atoms in total. The van der Waals surface area contributed by atoms with Gasteiger partial charge in [-0.1, -0.05) is 25.7 Å². The second-order valence-electron chi connectivity index (χ2n) is 6.31. The molecule has 1 amide bonds. The minimum atomic E-state index is -0.593. The first-order chi connectivity index (χ1) is 8.63. The Morgan fingerprint density at radius 3 is 2.00 bits per heavy atom. The van der Waals surface area contributed by atoms with Crippen molar-refractivity contribution in [3.8, 4) is 0 Å². The fourth-order valence-electron chi connectivity index (χ4n) is 4.36. The number of hydrogen-bond donors (Lipinski definition) is 1. The molecule has 0 radical (unpaired) electrons. The molecule has 3 aliphatic rings. The summed E-state index contributed by atoms with van der Waals surface area (Å²) in [6, 6.07) is 0. The van der Waals surface area contributed by atoms with Crippen LogP contribution in [0.4, 0.5) is 0 Å². The number of likely N-dealkylation sites (N-methyl/N-ethyl adjacent to an activating group) is 1. The Labute approximate surface area is 109 Å². The standard InChI is InChI=1S/C14H24N2O2/c1-15-12(17)13(8-4-2-5-9-13)16(18)14(15)10-6-3-7-11-14/h18H,2-11H2,1H3. The van der Waals surface area contributed by atoms with Gasteiger partial charge < -0.3 is 10.1 Å². The lowest BCUT2D eigenvalue weighted by Gasteiger charge is -2.45. The van der Waals surface area contributed by atoms with Gasteiger partial charge in [0.2, 0.25) is 5.91 Å². The van der Waals surface area contributed by atoms with Gasteiger partial charge in [0.25, 0.3) is 0 Å². The van der Waals surface area contributed by atoms with E-state index >= 15 is 0 Å². The lowest BCUT2D eigenvalue weighted by Crippen LogP contribution is -2.56. The molecule has 102 valence electrons. The van der Waals surface area contributed by atoms with Gasteiger partial charge in [-0.25, -0.2) is 0 Å². The zero-order chi connectivity index (χ0) is 12.8. The lowest BCUT2D eigenvalue weighted by molar-refractivity contribution is -0.242. The maximum atomic E-state index is 12.7. The van der Waals surface area contributed by atoms with Crippen LogP contribution in [-0.2, 0) is 4.79 Å². The Hall–Kier alpha value is -0.610. The highest BCUT2D eigenvalue weighted by Gasteiger charge is 2.63. The van der Waals surface area contributed by atoms with Crippen LogP contribution < -0.4 is 0 Å². The molecular weight excluding hydrogens is 228 g/mol. The summed E-state index contributed by atoms with van der Waals surface area (Å²) in [6.45, 7) is 0. The average molecular weight is 252 g/mol. The molecule has 3 rings (SSSR count). The Morgan fingerprint density at radius 1 is 0.944 bits per heavy atom. The first-order valence-electron chi connectivity index (χ1n) is 7.41. The zero-order valence-corrected chi connectivity index (χ0v) is 11.3. The first kappa shape index (κ1) is 12.4. The van der Waals surface area contributed by atoms with E-state index in [1.54, 1.807) is 0 Å². The summed E-state index contributed by atoms with van der Waals surface area (Å²) in [6.07, 6.45) is 10.3. The fourth-order valence-corrected chi connectivity index (χ4v) is 4.36. The van der Waals surface area contributed by atoms with Gasteiger partial charge in [0.15, 0.2) is 0 Å². The molecule has 4 heteroatoms. The van der Waals surface area contributed by atoms with Crippen molar-refractivity contribution >= 4 is 5.91 Å². The van der Waals surface area contributed by atoms with Crippen LogP contribution in [0.3, 0.4) is 0 Å². The number of carbonyl (C=O) groups is 1. The Balaban J connectivity index is 1.96. The van der Waals surface area contributed by atoms with Crippen molar-refractivity contribution in [3.63, 3.8) is 0 Å². The van der Waals surface area contributed by atoms with Crippen molar-refractivity contribution in [1.82, 2.24) is 9.96 Å². The van der Waals surface area contributed by atoms with E-state index in [4.69, 9.17) is 0 Å². The largest absolute Gasteiger partial charge is 0.323 e. The quantitative estimate of drug-likeness (QED) is 0.720. The van der Waals surface area contributed by atoms with Gasteiger partial charge in [-0.15, -0.1) is 0 Å². The third kappa shape index (κ3) is 1.42. The van der Waals surface area contributed by atoms with E-state index in [-0.39, 0.29) is 5.91 Å². The molecule has 0 unspecified atom stereocenters. The molecule has 1 heterocycles. The van der Waals surface area contributed by atoms with E-state index in [0.29, 0.717) is 0 Å². The highest BCUT2D eigenvalue weighted by molar-refractivity contribution is 5.89. The predicted octanol–water partition coefficient (Wildman–Crippen LogP) is 2.51. The van der Waals surface area contributed by atoms with Crippen molar-refractivity contribution in [2.24, 2.45) is 0 Å². The van der Waals surface area contributed by atoms with Crippen LogP contribution in [-0.4, -0.2) is 39.3 Å². The minimum absolute atomic E-state index is 0.159. The third-order valence-corrected chi connectivity index (χ3v) is 5.46. The summed E-state index contributed by atoms with van der Waals surface area (Å²) >= 11 is 0. The predicted molar refractivity (Wildman–Crippen MR) is 68.0 cm³/mol. The molecule has 0 aromatic rings. The van der Waals surface area contributed by atoms with Crippen LogP contribution in [0.2, 0.25) is 0 Å². The van der Waals surface area contributed by atoms with Crippen molar-refractivity contribution in [2.75, 3.05) is 7.05 Å². The van der Waals surface area contributed by atoms with Crippen LogP contribution in [0.5, 0.6) is 0 Å². The summed E-state index contributed by atoms with van der Waals surface area (Å²) in [5.74, 6) is 0.159. The SMILES string of the molecule is CN1C(=O)C2(CCCCC2)N(O)C12CCCCC2. The normalized spacial score (nSPS) is 31.4. The van der Waals surface area contributed by atoms with Gasteiger partial charge in [-0.3, -0.25) is 4.79 Å². The molecule has 2 spiro atoms. The van der Waals surface area contributed by atoms with E-state index in [1.165, 1.54) is 17.9 Å². The number of nitrogens with zero attached hydrogens (tertiary/aromatic N) is 2. The lowest BCUT2D eigenvalue weighted by atomic mass is 9.80. The smallest absolute Gasteiger partial charge is 0.246 e. The second kappa shape index (κ2) is 4.20. The molecule has 0 aromatic heterocycles. The number of hydroxylamine groups is 2. The molecule has 2 aliphatic carbocycles. The Kier molecular flexibility index (Phi) is 2.90. The molecule has 1 N–H and O–H groups in total. The Bertz CT molecular complexity index is 344. The van der Waals surface area contributed by atoms with Crippen molar-refractivity contribution in [2.45, 2.75) is 75.4 Å². The summed E-state index contributed by atoms with van der Waals surface area (Å²) in [4.78, 5) is 14.5. The Morgan fingerprint density at radius 2 is 1.44 bits per heavy atom. The monoisotopic (exact) mass is 252 g/mol. The summed E-state index contributed by atoms with van der Waals surface area (Å²) < 4.78 is 0. The van der Waals surface area contributed by atoms with Crippen LogP contribution in [0.25, 0.3) is 0 Å². The van der Waals surface area contributed by atoms with E-state index in [2.05, 4.69) is 0 Å². The number of amides is 1. The topological polar surface area (TPSA) is 43.8 Å². The van der Waals surface area contributed by atoms with Crippen LogP contribution >= 0.6 is 0 Å². The van der Waals surface area contributed by atoms with Crippen molar-refractivity contribution < 1.29 is 10.0 Å². The molecule has 18 heavy (non-hydrogen) atoms. The van der Waals surface area contributed by atoms with Crippen LogP contribution in [0.1, 0.15) is 64.2 Å². The number of carbonyl (C=O) groups excluding carboxylic acids is 1. The van der Waals surface area contributed by atoms with E-state index in [9.17, 15) is 10.0 Å².